The van der Waals surface area contributed by atoms with Crippen LogP contribution in [0.3, 0.4) is 0 Å². The summed E-state index contributed by atoms with van der Waals surface area (Å²) in [5, 5.41) is 11.9. The van der Waals surface area contributed by atoms with Gasteiger partial charge in [-0.1, -0.05) is 30.7 Å². The Morgan fingerprint density at radius 2 is 1.83 bits per heavy atom. The van der Waals surface area contributed by atoms with Gasteiger partial charge in [0.05, 0.1) is 27.8 Å². The van der Waals surface area contributed by atoms with Crippen LogP contribution in [-0.4, -0.2) is 59.5 Å². The molecule has 1 spiro atoms. The molecule has 218 valence electrons. The zero-order valence-electron chi connectivity index (χ0n) is 23.2. The molecule has 5 rings (SSSR count). The Bertz CT molecular complexity index is 1610. The summed E-state index contributed by atoms with van der Waals surface area (Å²) in [5.41, 5.74) is -1.71. The van der Waals surface area contributed by atoms with Gasteiger partial charge in [0, 0.05) is 42.3 Å². The molecule has 2 heterocycles. The highest BCUT2D eigenvalue weighted by Crippen LogP contribution is 2.55. The number of aliphatic hydroxyl groups excluding tert-OH is 1. The Morgan fingerprint density at radius 3 is 2.50 bits per heavy atom. The summed E-state index contributed by atoms with van der Waals surface area (Å²) < 4.78 is 27.6. The Labute approximate surface area is 246 Å². The zero-order valence-corrected chi connectivity index (χ0v) is 23.9. The van der Waals surface area contributed by atoms with Gasteiger partial charge in [-0.2, -0.15) is 0 Å². The summed E-state index contributed by atoms with van der Waals surface area (Å²) in [4.78, 5) is 48.5. The van der Waals surface area contributed by atoms with Crippen molar-refractivity contribution in [1.82, 2.24) is 9.97 Å². The van der Waals surface area contributed by atoms with Crippen molar-refractivity contribution in [1.29, 1.82) is 0 Å². The highest BCUT2D eigenvalue weighted by molar-refractivity contribution is 6.35. The number of hydrogen-bond donors (Lipinski definition) is 1. The minimum absolute atomic E-state index is 0.0102. The Balaban J connectivity index is 1.66. The molecule has 1 N–H and O–H groups in total. The number of rotatable bonds is 8. The monoisotopic (exact) mass is 594 g/mol. The summed E-state index contributed by atoms with van der Waals surface area (Å²) in [5.74, 6) is -3.56. The summed E-state index contributed by atoms with van der Waals surface area (Å²) in [7, 11) is 3.99. The molecule has 42 heavy (non-hydrogen) atoms. The quantitative estimate of drug-likeness (QED) is 0.351. The fourth-order valence-electron chi connectivity index (χ4n) is 5.41. The minimum atomic E-state index is -2.00. The Hall–Kier alpha value is -4.64. The molecule has 1 aromatic heterocycles. The van der Waals surface area contributed by atoms with Gasteiger partial charge in [-0.3, -0.25) is 14.4 Å². The summed E-state index contributed by atoms with van der Waals surface area (Å²) in [6.07, 6.45) is 2.55. The summed E-state index contributed by atoms with van der Waals surface area (Å²) in [6.45, 7) is 1.62. The average molecular weight is 595 g/mol. The lowest BCUT2D eigenvalue weighted by atomic mass is 9.69. The first-order valence-corrected chi connectivity index (χ1v) is 13.3. The van der Waals surface area contributed by atoms with Crippen molar-refractivity contribution in [2.24, 2.45) is 5.92 Å². The first-order valence-electron chi connectivity index (χ1n) is 12.9. The number of allylic oxidation sites excluding steroid dienone is 1. The van der Waals surface area contributed by atoms with Crippen molar-refractivity contribution >= 4 is 29.1 Å². The van der Waals surface area contributed by atoms with Gasteiger partial charge in [-0.15, -0.1) is 0 Å². The number of ether oxygens (including phenoxy) is 5. The molecular weight excluding hydrogens is 568 g/mol. The number of fused-ring (bicyclic) bond motifs is 1. The van der Waals surface area contributed by atoms with E-state index < -0.39 is 40.7 Å². The fourth-order valence-corrected chi connectivity index (χ4v) is 5.68. The van der Waals surface area contributed by atoms with E-state index in [0.717, 1.165) is 0 Å². The number of halogens is 1. The molecule has 11 nitrogen and oxygen atoms in total. The molecule has 12 heteroatoms. The number of aromatic nitrogens is 2. The number of carbonyl (C=O) groups excluding carboxylic acids is 3. The van der Waals surface area contributed by atoms with Crippen molar-refractivity contribution < 1.29 is 43.2 Å². The molecule has 0 saturated heterocycles. The first kappa shape index (κ1) is 28.9. The standard InChI is InChI=1S/C30H27ClN2O9/c1-15-11-19(34)23(27(36)30(15)28(37)24-20(38-2)14-21(39-3)25(31)26(24)42-30)18(13-22(35)40-4)16-7-5-8-17(12-16)41-29-32-9-6-10-33-29/h5-10,12,14-15,18,36H,11,13H2,1-4H3/t15-,18+,30+/m1/s1. The van der Waals surface area contributed by atoms with Crippen molar-refractivity contribution in [2.75, 3.05) is 21.3 Å². The molecule has 3 aromatic rings. The third-order valence-corrected chi connectivity index (χ3v) is 7.83. The van der Waals surface area contributed by atoms with E-state index in [9.17, 15) is 19.5 Å². The average Bonchev–Trinajstić information content (AvgIpc) is 3.31. The lowest BCUT2D eigenvalue weighted by molar-refractivity contribution is -0.140. The maximum atomic E-state index is 14.1. The fraction of sp³-hybridized carbons (Fsp3) is 0.300. The van der Waals surface area contributed by atoms with Gasteiger partial charge in [-0.25, -0.2) is 9.97 Å². The maximum absolute atomic E-state index is 14.1. The van der Waals surface area contributed by atoms with Gasteiger partial charge in [0.25, 0.3) is 0 Å². The molecule has 0 unspecified atom stereocenters. The van der Waals surface area contributed by atoms with Gasteiger partial charge < -0.3 is 28.8 Å². The minimum Gasteiger partial charge on any atom is -0.507 e. The molecular formula is C30H27ClN2O9. The molecule has 0 fully saturated rings. The number of Topliss-reactive ketones (excluding diaryl/α,β-unsaturated/α-hetero) is 2. The number of aliphatic hydroxyl groups is 1. The van der Waals surface area contributed by atoms with Crippen LogP contribution in [-0.2, 0) is 14.3 Å². The van der Waals surface area contributed by atoms with Crippen LogP contribution >= 0.6 is 11.6 Å². The number of esters is 1. The Kier molecular flexibility index (Phi) is 7.79. The van der Waals surface area contributed by atoms with Crippen LogP contribution in [0.25, 0.3) is 0 Å². The summed E-state index contributed by atoms with van der Waals surface area (Å²) >= 11 is 6.53. The van der Waals surface area contributed by atoms with Crippen LogP contribution in [0.2, 0.25) is 5.02 Å². The van der Waals surface area contributed by atoms with Gasteiger partial charge in [-0.05, 0) is 23.8 Å². The lowest BCUT2D eigenvalue weighted by Gasteiger charge is -2.38. The number of methoxy groups -OCH3 is 3. The second-order valence-electron chi connectivity index (χ2n) is 9.80. The zero-order chi connectivity index (χ0) is 30.2. The van der Waals surface area contributed by atoms with E-state index in [1.54, 1.807) is 37.3 Å². The molecule has 2 aromatic carbocycles. The van der Waals surface area contributed by atoms with Crippen molar-refractivity contribution in [2.45, 2.75) is 31.3 Å². The van der Waals surface area contributed by atoms with Crippen LogP contribution in [0, 0.1) is 5.92 Å². The smallest absolute Gasteiger partial charge is 0.321 e. The predicted molar refractivity (Wildman–Crippen MR) is 149 cm³/mol. The number of benzene rings is 2. The highest BCUT2D eigenvalue weighted by atomic mass is 35.5. The third kappa shape index (κ3) is 4.69. The van der Waals surface area contributed by atoms with Crippen molar-refractivity contribution in [3.63, 3.8) is 0 Å². The second-order valence-corrected chi connectivity index (χ2v) is 10.2. The molecule has 0 radical (unpaired) electrons. The van der Waals surface area contributed by atoms with Crippen molar-refractivity contribution in [3.8, 4) is 29.0 Å². The van der Waals surface area contributed by atoms with Gasteiger partial charge in [0.2, 0.25) is 11.4 Å². The topological polar surface area (TPSA) is 143 Å². The van der Waals surface area contributed by atoms with Gasteiger partial charge in [0.1, 0.15) is 27.8 Å². The van der Waals surface area contributed by atoms with E-state index in [2.05, 4.69) is 9.97 Å². The first-order chi connectivity index (χ1) is 20.2. The van der Waals surface area contributed by atoms with Crippen LogP contribution < -0.4 is 18.9 Å². The molecule has 0 saturated carbocycles. The van der Waals surface area contributed by atoms with Crippen LogP contribution in [0.5, 0.6) is 29.0 Å². The lowest BCUT2D eigenvalue weighted by Crippen LogP contribution is -2.53. The van der Waals surface area contributed by atoms with E-state index in [-0.39, 0.29) is 52.3 Å². The Morgan fingerprint density at radius 1 is 1.12 bits per heavy atom. The van der Waals surface area contributed by atoms with Crippen LogP contribution in [0.15, 0.2) is 60.1 Å². The van der Waals surface area contributed by atoms with Crippen molar-refractivity contribution in [3.05, 3.63) is 76.3 Å². The molecule has 1 aliphatic heterocycles. The normalized spacial score (nSPS) is 20.2. The van der Waals surface area contributed by atoms with E-state index in [1.807, 2.05) is 0 Å². The molecule has 3 atom stereocenters. The molecule has 0 amide bonds. The van der Waals surface area contributed by atoms with Gasteiger partial charge >= 0.3 is 12.0 Å². The molecule has 0 bridgehead atoms. The number of ketones is 2. The maximum Gasteiger partial charge on any atom is 0.321 e. The molecule has 2 aliphatic rings. The van der Waals surface area contributed by atoms with Gasteiger partial charge in [0.15, 0.2) is 17.3 Å². The number of hydrogen-bond acceptors (Lipinski definition) is 11. The van der Waals surface area contributed by atoms with E-state index in [1.165, 1.54) is 39.8 Å². The number of carbonyl (C=O) groups is 3. The SMILES string of the molecule is COC(=O)C[C@H](C1=C(O)[C@@]2(Oc3c(Cl)c(OC)cc(OC)c3C2=O)[C@H](C)CC1=O)c1cccc(Oc2ncccn2)c1. The predicted octanol–water partition coefficient (Wildman–Crippen LogP) is 5.02. The summed E-state index contributed by atoms with van der Waals surface area (Å²) in [6, 6.07) is 9.75. The highest BCUT2D eigenvalue weighted by Gasteiger charge is 2.61. The van der Waals surface area contributed by atoms with Crippen LogP contribution in [0.1, 0.15) is 41.6 Å². The van der Waals surface area contributed by atoms with E-state index in [0.29, 0.717) is 11.3 Å². The number of nitrogens with zero attached hydrogens (tertiary/aromatic N) is 2. The molecule has 1 aliphatic carbocycles. The third-order valence-electron chi connectivity index (χ3n) is 7.47. The second kappa shape index (κ2) is 11.3. The largest absolute Gasteiger partial charge is 0.507 e. The van der Waals surface area contributed by atoms with Crippen LogP contribution in [0.4, 0.5) is 0 Å². The van der Waals surface area contributed by atoms with E-state index in [4.69, 9.17) is 35.3 Å². The van der Waals surface area contributed by atoms with E-state index >= 15 is 0 Å².